The lowest BCUT2D eigenvalue weighted by Crippen LogP contribution is -2.38. The maximum Gasteiger partial charge on any atom is 0.347 e. The molecule has 2 aromatic rings. The quantitative estimate of drug-likeness (QED) is 0.515. The Morgan fingerprint density at radius 2 is 2.26 bits per heavy atom. The van der Waals surface area contributed by atoms with Gasteiger partial charge in [0.1, 0.15) is 17.0 Å². The molecule has 0 bridgehead atoms. The van der Waals surface area contributed by atoms with E-state index in [-0.39, 0.29) is 11.5 Å². The van der Waals surface area contributed by atoms with Gasteiger partial charge in [-0.2, -0.15) is 0 Å². The van der Waals surface area contributed by atoms with E-state index >= 15 is 0 Å². The van der Waals surface area contributed by atoms with E-state index in [0.717, 1.165) is 59.5 Å². The zero-order chi connectivity index (χ0) is 18.7. The van der Waals surface area contributed by atoms with Crippen molar-refractivity contribution < 1.29 is 19.1 Å². The van der Waals surface area contributed by atoms with Gasteiger partial charge in [-0.05, 0) is 30.5 Å². The monoisotopic (exact) mass is 364 g/mol. The highest BCUT2D eigenvalue weighted by Crippen LogP contribution is 2.47. The first-order chi connectivity index (χ1) is 13.2. The van der Waals surface area contributed by atoms with Crippen LogP contribution in [-0.2, 0) is 20.7 Å². The number of nitrogens with one attached hydrogen (secondary N) is 1. The molecule has 138 valence electrons. The lowest BCUT2D eigenvalue weighted by molar-refractivity contribution is -0.133. The fourth-order valence-electron chi connectivity index (χ4n) is 4.68. The molecule has 0 fully saturated rings. The van der Waals surface area contributed by atoms with Crippen LogP contribution >= 0.6 is 0 Å². The van der Waals surface area contributed by atoms with Crippen molar-refractivity contribution in [3.8, 4) is 5.75 Å². The number of carbonyl (C=O) groups is 2. The number of aromatic nitrogens is 1. The molecule has 6 heteroatoms. The van der Waals surface area contributed by atoms with Crippen LogP contribution in [0.1, 0.15) is 24.6 Å². The lowest BCUT2D eigenvalue weighted by atomic mass is 9.85. The van der Waals surface area contributed by atoms with Crippen molar-refractivity contribution in [3.05, 3.63) is 46.4 Å². The van der Waals surface area contributed by atoms with Gasteiger partial charge in [0.2, 0.25) is 0 Å². The molecule has 0 saturated carbocycles. The normalized spacial score (nSPS) is 21.2. The topological polar surface area (TPSA) is 71.6 Å². The van der Waals surface area contributed by atoms with Crippen LogP contribution in [0.5, 0.6) is 5.75 Å². The van der Waals surface area contributed by atoms with Crippen LogP contribution in [0, 0.1) is 5.92 Å². The second-order valence-corrected chi connectivity index (χ2v) is 7.18. The van der Waals surface area contributed by atoms with Gasteiger partial charge in [0.05, 0.1) is 12.8 Å². The summed E-state index contributed by atoms with van der Waals surface area (Å²) in [5.74, 6) is 0.963. The van der Waals surface area contributed by atoms with E-state index in [9.17, 15) is 9.59 Å². The molecule has 3 aliphatic rings. The van der Waals surface area contributed by atoms with Crippen molar-refractivity contribution in [2.24, 2.45) is 5.92 Å². The first kappa shape index (κ1) is 16.2. The summed E-state index contributed by atoms with van der Waals surface area (Å²) in [6.45, 7) is 3.70. The maximum atomic E-state index is 12.3. The molecule has 1 atom stereocenters. The van der Waals surface area contributed by atoms with Gasteiger partial charge >= 0.3 is 5.97 Å². The van der Waals surface area contributed by atoms with E-state index < -0.39 is 5.97 Å². The van der Waals surface area contributed by atoms with Crippen molar-refractivity contribution in [2.45, 2.75) is 19.8 Å². The number of aromatic amines is 1. The Kier molecular flexibility index (Phi) is 3.44. The first-order valence-corrected chi connectivity index (χ1v) is 9.27. The lowest BCUT2D eigenvalue weighted by Gasteiger charge is -2.39. The predicted octanol–water partition coefficient (Wildman–Crippen LogP) is 2.80. The number of methoxy groups -OCH3 is 1. The molecule has 0 aliphatic carbocycles. The van der Waals surface area contributed by atoms with E-state index in [1.165, 1.54) is 5.56 Å². The van der Waals surface area contributed by atoms with Gasteiger partial charge < -0.3 is 19.4 Å². The minimum atomic E-state index is -0.538. The second kappa shape index (κ2) is 5.74. The number of ether oxygens (including phenoxy) is 2. The highest BCUT2D eigenvalue weighted by atomic mass is 16.5. The van der Waals surface area contributed by atoms with Gasteiger partial charge in [-0.15, -0.1) is 0 Å². The van der Waals surface area contributed by atoms with Crippen molar-refractivity contribution in [2.75, 3.05) is 20.2 Å². The smallest absolute Gasteiger partial charge is 0.347 e. The summed E-state index contributed by atoms with van der Waals surface area (Å²) >= 11 is 0. The molecule has 4 heterocycles. The van der Waals surface area contributed by atoms with E-state index in [1.54, 1.807) is 7.11 Å². The zero-order valence-electron chi connectivity index (χ0n) is 15.3. The Balaban J connectivity index is 1.81. The average molecular weight is 364 g/mol. The molecule has 6 nitrogen and oxygen atoms in total. The number of benzene rings is 1. The molecule has 1 N–H and O–H groups in total. The Labute approximate surface area is 156 Å². The fourth-order valence-corrected chi connectivity index (χ4v) is 4.68. The third kappa shape index (κ3) is 2.07. The molecule has 0 amide bonds. The Bertz CT molecular complexity index is 1060. The van der Waals surface area contributed by atoms with Gasteiger partial charge in [0.25, 0.3) is 0 Å². The minimum absolute atomic E-state index is 0.121. The van der Waals surface area contributed by atoms with Gasteiger partial charge in [-0.1, -0.05) is 13.0 Å². The Morgan fingerprint density at radius 1 is 1.41 bits per heavy atom. The molecule has 0 unspecified atom stereocenters. The minimum Gasteiger partial charge on any atom is -0.496 e. The van der Waals surface area contributed by atoms with E-state index in [4.69, 9.17) is 9.47 Å². The van der Waals surface area contributed by atoms with E-state index in [2.05, 4.69) is 16.8 Å². The SMILES string of the molecule is CC[C@@H]1CN2CCc3c([nH]c4cccc(OC)c34)C2=C2OC(=O)C(C=O)=C21. The molecule has 3 aliphatic heterocycles. The van der Waals surface area contributed by atoms with Crippen molar-refractivity contribution in [1.82, 2.24) is 9.88 Å². The number of hydrogen-bond donors (Lipinski definition) is 1. The number of fused-ring (bicyclic) bond motifs is 6. The van der Waals surface area contributed by atoms with E-state index in [0.29, 0.717) is 12.0 Å². The number of H-pyrrole nitrogens is 1. The molecule has 1 aromatic carbocycles. The van der Waals surface area contributed by atoms with Crippen LogP contribution in [0.25, 0.3) is 16.6 Å². The maximum absolute atomic E-state index is 12.3. The standard InChI is InChI=1S/C21H20N2O4/c1-3-11-9-23-8-7-12-17-14(5-4-6-15(17)26-2)22-18(12)19(23)20-16(11)13(10-24)21(25)27-20/h4-6,10-11,22H,3,7-9H2,1-2H3/t11-/m1/s1. The number of carbonyl (C=O) groups excluding carboxylic acids is 2. The first-order valence-electron chi connectivity index (χ1n) is 9.27. The zero-order valence-corrected chi connectivity index (χ0v) is 15.3. The molecule has 5 rings (SSSR count). The molecule has 0 radical (unpaired) electrons. The largest absolute Gasteiger partial charge is 0.496 e. The Morgan fingerprint density at radius 3 is 3.00 bits per heavy atom. The Hall–Kier alpha value is -3.02. The number of aldehydes is 1. The summed E-state index contributed by atoms with van der Waals surface area (Å²) < 4.78 is 11.2. The third-order valence-corrected chi connectivity index (χ3v) is 5.92. The van der Waals surface area contributed by atoms with E-state index in [1.807, 2.05) is 18.2 Å². The molecule has 27 heavy (non-hydrogen) atoms. The van der Waals surface area contributed by atoms with Crippen molar-refractivity contribution >= 4 is 28.9 Å². The number of nitrogens with zero attached hydrogens (tertiary/aromatic N) is 1. The number of esters is 1. The average Bonchev–Trinajstić information content (AvgIpc) is 3.23. The summed E-state index contributed by atoms with van der Waals surface area (Å²) in [4.78, 5) is 29.6. The van der Waals surface area contributed by atoms with Crippen LogP contribution in [0.15, 0.2) is 35.1 Å². The number of allylic oxidation sites excluding steroid dienone is 1. The summed E-state index contributed by atoms with van der Waals surface area (Å²) in [5.41, 5.74) is 4.96. The van der Waals surface area contributed by atoms with Crippen molar-refractivity contribution in [1.29, 1.82) is 0 Å². The molecule has 0 spiro atoms. The van der Waals surface area contributed by atoms with Gasteiger partial charge in [-0.25, -0.2) is 4.79 Å². The predicted molar refractivity (Wildman–Crippen MR) is 100 cm³/mol. The highest BCUT2D eigenvalue weighted by molar-refractivity contribution is 6.13. The van der Waals surface area contributed by atoms with Crippen LogP contribution in [0.4, 0.5) is 0 Å². The molecule has 0 saturated heterocycles. The van der Waals surface area contributed by atoms with Gasteiger partial charge in [0, 0.05) is 35.5 Å². The molecular formula is C21H20N2O4. The number of hydrogen-bond acceptors (Lipinski definition) is 5. The van der Waals surface area contributed by atoms with Crippen LogP contribution < -0.4 is 4.74 Å². The summed E-state index contributed by atoms with van der Waals surface area (Å²) in [7, 11) is 1.67. The third-order valence-electron chi connectivity index (χ3n) is 5.92. The van der Waals surface area contributed by atoms with Crippen LogP contribution in [-0.4, -0.2) is 42.3 Å². The second-order valence-electron chi connectivity index (χ2n) is 7.18. The number of rotatable bonds is 3. The summed E-state index contributed by atoms with van der Waals surface area (Å²) in [6.07, 6.45) is 2.38. The highest BCUT2D eigenvalue weighted by Gasteiger charge is 2.43. The van der Waals surface area contributed by atoms with Gasteiger partial charge in [0.15, 0.2) is 12.0 Å². The van der Waals surface area contributed by atoms with Crippen molar-refractivity contribution in [3.63, 3.8) is 0 Å². The fraction of sp³-hybridized carbons (Fsp3) is 0.333. The van der Waals surface area contributed by atoms with Gasteiger partial charge in [-0.3, -0.25) is 4.79 Å². The van der Waals surface area contributed by atoms with Crippen LogP contribution in [0.2, 0.25) is 0 Å². The van der Waals surface area contributed by atoms with Crippen LogP contribution in [0.3, 0.4) is 0 Å². The summed E-state index contributed by atoms with van der Waals surface area (Å²) in [6, 6.07) is 5.94. The molecular weight excluding hydrogens is 344 g/mol. The molecule has 1 aromatic heterocycles. The summed E-state index contributed by atoms with van der Waals surface area (Å²) in [5, 5.41) is 1.07.